The Balaban J connectivity index is 1.71. The van der Waals surface area contributed by atoms with Crippen molar-refractivity contribution in [3.63, 3.8) is 0 Å². The van der Waals surface area contributed by atoms with Gasteiger partial charge in [-0.25, -0.2) is 9.48 Å². The van der Waals surface area contributed by atoms with E-state index < -0.39 is 0 Å². The smallest absolute Gasteiger partial charge is 0.328 e. The normalized spacial score (nSPS) is 14.3. The van der Waals surface area contributed by atoms with Crippen molar-refractivity contribution in [2.24, 2.45) is 14.1 Å². The molecule has 0 spiro atoms. The quantitative estimate of drug-likeness (QED) is 0.639. The molecule has 1 aliphatic rings. The SMILES string of the molecule is Cn1nc2n(c1=O)CCN(C(=O)c1nn(C)c3ccccc13)C2. The molecule has 1 aliphatic heterocycles. The Morgan fingerprint density at radius 2 is 1.87 bits per heavy atom. The zero-order valence-electron chi connectivity index (χ0n) is 12.9. The maximum Gasteiger partial charge on any atom is 0.345 e. The monoisotopic (exact) mass is 312 g/mol. The molecule has 0 aliphatic carbocycles. The maximum atomic E-state index is 12.9. The molecular weight excluding hydrogens is 296 g/mol. The number of aryl methyl sites for hydroxylation is 2. The van der Waals surface area contributed by atoms with Gasteiger partial charge in [0.05, 0.1) is 12.1 Å². The van der Waals surface area contributed by atoms with Gasteiger partial charge in [0, 0.05) is 32.6 Å². The van der Waals surface area contributed by atoms with Crippen LogP contribution in [0.1, 0.15) is 16.3 Å². The zero-order valence-corrected chi connectivity index (χ0v) is 12.9. The lowest BCUT2D eigenvalue weighted by Crippen LogP contribution is -2.41. The fourth-order valence-electron chi connectivity index (χ4n) is 3.06. The van der Waals surface area contributed by atoms with E-state index in [4.69, 9.17) is 0 Å². The molecule has 8 heteroatoms. The third-order valence-electron chi connectivity index (χ3n) is 4.26. The second kappa shape index (κ2) is 4.80. The highest BCUT2D eigenvalue weighted by Crippen LogP contribution is 2.20. The topological polar surface area (TPSA) is 78.0 Å². The summed E-state index contributed by atoms with van der Waals surface area (Å²) in [5.74, 6) is 0.475. The van der Waals surface area contributed by atoms with Crippen molar-refractivity contribution in [2.45, 2.75) is 13.1 Å². The Bertz CT molecular complexity index is 980. The summed E-state index contributed by atoms with van der Waals surface area (Å²) in [4.78, 5) is 26.4. The molecule has 4 rings (SSSR count). The molecule has 3 aromatic rings. The fraction of sp³-hybridized carbons (Fsp3) is 0.333. The number of para-hydroxylation sites is 1. The van der Waals surface area contributed by atoms with Crippen LogP contribution >= 0.6 is 0 Å². The number of rotatable bonds is 1. The van der Waals surface area contributed by atoms with E-state index in [1.807, 2.05) is 31.3 Å². The van der Waals surface area contributed by atoms with Crippen LogP contribution in [0, 0.1) is 0 Å². The van der Waals surface area contributed by atoms with Crippen LogP contribution in [0.4, 0.5) is 0 Å². The van der Waals surface area contributed by atoms with E-state index in [1.54, 1.807) is 21.2 Å². The second-order valence-electron chi connectivity index (χ2n) is 5.69. The molecule has 2 aromatic heterocycles. The predicted octanol–water partition coefficient (Wildman–Crippen LogP) is 0.125. The van der Waals surface area contributed by atoms with Crippen molar-refractivity contribution >= 4 is 16.8 Å². The molecule has 0 saturated heterocycles. The number of aromatic nitrogens is 5. The van der Waals surface area contributed by atoms with Crippen molar-refractivity contribution < 1.29 is 4.79 Å². The molecule has 118 valence electrons. The van der Waals surface area contributed by atoms with Crippen LogP contribution in [0.3, 0.4) is 0 Å². The van der Waals surface area contributed by atoms with Crippen LogP contribution in [0.25, 0.3) is 10.9 Å². The number of carbonyl (C=O) groups excluding carboxylic acids is 1. The highest BCUT2D eigenvalue weighted by Gasteiger charge is 2.27. The van der Waals surface area contributed by atoms with Crippen LogP contribution in [0.5, 0.6) is 0 Å². The van der Waals surface area contributed by atoms with Gasteiger partial charge in [-0.2, -0.15) is 10.2 Å². The van der Waals surface area contributed by atoms with Gasteiger partial charge in [0.25, 0.3) is 5.91 Å². The number of carbonyl (C=O) groups is 1. The number of fused-ring (bicyclic) bond motifs is 2. The van der Waals surface area contributed by atoms with Gasteiger partial charge in [-0.15, -0.1) is 0 Å². The minimum absolute atomic E-state index is 0.133. The highest BCUT2D eigenvalue weighted by atomic mass is 16.2. The standard InChI is InChI=1S/C15H16N6O2/c1-18-11-6-4-3-5-10(11)13(17-18)14(22)20-7-8-21-12(9-20)16-19(2)15(21)23/h3-6H,7-9H2,1-2H3. The van der Waals surface area contributed by atoms with E-state index in [9.17, 15) is 9.59 Å². The number of amides is 1. The molecular formula is C15H16N6O2. The molecule has 1 aromatic carbocycles. The zero-order chi connectivity index (χ0) is 16.1. The summed E-state index contributed by atoms with van der Waals surface area (Å²) in [6.07, 6.45) is 0. The number of benzene rings is 1. The fourth-order valence-corrected chi connectivity index (χ4v) is 3.06. The lowest BCUT2D eigenvalue weighted by atomic mass is 10.2. The highest BCUT2D eigenvalue weighted by molar-refractivity contribution is 6.04. The third-order valence-corrected chi connectivity index (χ3v) is 4.26. The second-order valence-corrected chi connectivity index (χ2v) is 5.69. The summed E-state index contributed by atoms with van der Waals surface area (Å²) in [5, 5.41) is 9.40. The molecule has 23 heavy (non-hydrogen) atoms. The Hall–Kier alpha value is -2.90. The molecule has 0 saturated carbocycles. The summed E-state index contributed by atoms with van der Waals surface area (Å²) in [6, 6.07) is 7.65. The summed E-state index contributed by atoms with van der Waals surface area (Å²) in [7, 11) is 3.44. The van der Waals surface area contributed by atoms with Gasteiger partial charge in [0.15, 0.2) is 11.5 Å². The number of hydrogen-bond acceptors (Lipinski definition) is 4. The minimum Gasteiger partial charge on any atom is -0.328 e. The number of nitrogens with zero attached hydrogens (tertiary/aromatic N) is 6. The van der Waals surface area contributed by atoms with Gasteiger partial charge >= 0.3 is 5.69 Å². The molecule has 0 unspecified atom stereocenters. The largest absolute Gasteiger partial charge is 0.345 e. The number of hydrogen-bond donors (Lipinski definition) is 0. The average molecular weight is 312 g/mol. The van der Waals surface area contributed by atoms with Crippen molar-refractivity contribution in [3.05, 3.63) is 46.3 Å². The van der Waals surface area contributed by atoms with Gasteiger partial charge in [-0.3, -0.25) is 14.0 Å². The summed E-state index contributed by atoms with van der Waals surface area (Å²) < 4.78 is 4.63. The maximum absolute atomic E-state index is 12.9. The van der Waals surface area contributed by atoms with Crippen molar-refractivity contribution in [1.29, 1.82) is 0 Å². The molecule has 0 radical (unpaired) electrons. The van der Waals surface area contributed by atoms with Gasteiger partial charge in [0.2, 0.25) is 0 Å². The Labute approximate surface area is 131 Å². The van der Waals surface area contributed by atoms with Crippen LogP contribution in [-0.2, 0) is 27.2 Å². The summed E-state index contributed by atoms with van der Waals surface area (Å²) >= 11 is 0. The van der Waals surface area contributed by atoms with Crippen LogP contribution in [0.2, 0.25) is 0 Å². The predicted molar refractivity (Wildman–Crippen MR) is 82.9 cm³/mol. The lowest BCUT2D eigenvalue weighted by Gasteiger charge is -2.26. The summed E-state index contributed by atoms with van der Waals surface area (Å²) in [5.41, 5.74) is 1.22. The third kappa shape index (κ3) is 1.98. The van der Waals surface area contributed by atoms with E-state index in [0.29, 0.717) is 31.2 Å². The van der Waals surface area contributed by atoms with Crippen molar-refractivity contribution in [3.8, 4) is 0 Å². The van der Waals surface area contributed by atoms with Gasteiger partial charge < -0.3 is 4.90 Å². The molecule has 0 atom stereocenters. The summed E-state index contributed by atoms with van der Waals surface area (Å²) in [6.45, 7) is 1.25. The van der Waals surface area contributed by atoms with E-state index in [-0.39, 0.29) is 11.6 Å². The van der Waals surface area contributed by atoms with Crippen LogP contribution in [-0.4, -0.2) is 41.5 Å². The van der Waals surface area contributed by atoms with Crippen molar-refractivity contribution in [2.75, 3.05) is 6.54 Å². The minimum atomic E-state index is -0.143. The van der Waals surface area contributed by atoms with E-state index in [2.05, 4.69) is 10.2 Å². The van der Waals surface area contributed by atoms with Gasteiger partial charge in [-0.05, 0) is 6.07 Å². The molecule has 0 N–H and O–H groups in total. The van der Waals surface area contributed by atoms with Crippen LogP contribution in [0.15, 0.2) is 29.1 Å². The molecule has 3 heterocycles. The first kappa shape index (κ1) is 13.7. The first-order valence-corrected chi connectivity index (χ1v) is 7.40. The van der Waals surface area contributed by atoms with Gasteiger partial charge in [0.1, 0.15) is 0 Å². The van der Waals surface area contributed by atoms with E-state index in [0.717, 1.165) is 10.9 Å². The Morgan fingerprint density at radius 3 is 2.70 bits per heavy atom. The lowest BCUT2D eigenvalue weighted by molar-refractivity contribution is 0.0701. The van der Waals surface area contributed by atoms with Crippen LogP contribution < -0.4 is 5.69 Å². The molecule has 0 bridgehead atoms. The first-order chi connectivity index (χ1) is 11.1. The molecule has 0 fully saturated rings. The Kier molecular flexibility index (Phi) is 2.87. The van der Waals surface area contributed by atoms with Gasteiger partial charge in [-0.1, -0.05) is 18.2 Å². The Morgan fingerprint density at radius 1 is 1.09 bits per heavy atom. The first-order valence-electron chi connectivity index (χ1n) is 7.40. The molecule has 8 nitrogen and oxygen atoms in total. The van der Waals surface area contributed by atoms with E-state index >= 15 is 0 Å². The van der Waals surface area contributed by atoms with Crippen molar-refractivity contribution in [1.82, 2.24) is 29.0 Å². The van der Waals surface area contributed by atoms with E-state index in [1.165, 1.54) is 4.68 Å². The molecule has 1 amide bonds. The average Bonchev–Trinajstić information content (AvgIpc) is 3.04.